The molecular formula is C18H17N3O2. The second kappa shape index (κ2) is 6.11. The third-order valence-electron chi connectivity index (χ3n) is 3.74. The number of esters is 1. The molecule has 23 heavy (non-hydrogen) atoms. The summed E-state index contributed by atoms with van der Waals surface area (Å²) in [6.07, 6.45) is 1.74. The van der Waals surface area contributed by atoms with E-state index in [9.17, 15) is 4.79 Å². The highest BCUT2D eigenvalue weighted by atomic mass is 16.5. The first-order valence-corrected chi connectivity index (χ1v) is 7.36. The van der Waals surface area contributed by atoms with Gasteiger partial charge in [-0.2, -0.15) is 5.26 Å². The molecule has 3 aromatic rings. The summed E-state index contributed by atoms with van der Waals surface area (Å²) < 4.78 is 7.28. The Kier molecular flexibility index (Phi) is 4.00. The molecule has 1 aromatic carbocycles. The SMILES string of the molecule is CN(C)CCOC(=O)c1c2ccccc2n2cc(C#N)ccc12. The lowest BCUT2D eigenvalue weighted by Crippen LogP contribution is -2.20. The second-order valence-corrected chi connectivity index (χ2v) is 5.62. The Morgan fingerprint density at radius 3 is 2.74 bits per heavy atom. The minimum absolute atomic E-state index is 0.338. The third kappa shape index (κ3) is 2.77. The number of benzene rings is 1. The molecule has 0 aliphatic heterocycles. The van der Waals surface area contributed by atoms with Gasteiger partial charge < -0.3 is 14.0 Å². The molecule has 0 fully saturated rings. The standard InChI is InChI=1S/C18H17N3O2/c1-20(2)9-10-23-18(22)17-14-5-3-4-6-15(14)21-12-13(11-19)7-8-16(17)21/h3-8,12H,9-10H2,1-2H3. The number of aromatic nitrogens is 1. The van der Waals surface area contributed by atoms with E-state index in [1.54, 1.807) is 18.3 Å². The summed E-state index contributed by atoms with van der Waals surface area (Å²) in [4.78, 5) is 14.5. The summed E-state index contributed by atoms with van der Waals surface area (Å²) in [6.45, 7) is 1.02. The summed E-state index contributed by atoms with van der Waals surface area (Å²) in [5.74, 6) is -0.338. The molecule has 2 heterocycles. The van der Waals surface area contributed by atoms with Gasteiger partial charge in [0.05, 0.1) is 22.2 Å². The van der Waals surface area contributed by atoms with E-state index in [1.165, 1.54) is 0 Å². The number of nitriles is 1. The van der Waals surface area contributed by atoms with Gasteiger partial charge in [-0.05, 0) is 32.3 Å². The lowest BCUT2D eigenvalue weighted by Gasteiger charge is -2.09. The largest absolute Gasteiger partial charge is 0.461 e. The van der Waals surface area contributed by atoms with Crippen molar-refractivity contribution in [2.45, 2.75) is 0 Å². The van der Waals surface area contributed by atoms with Crippen LogP contribution in [-0.2, 0) is 4.74 Å². The Morgan fingerprint density at radius 1 is 1.22 bits per heavy atom. The Balaban J connectivity index is 2.11. The molecule has 116 valence electrons. The van der Waals surface area contributed by atoms with Gasteiger partial charge in [0.15, 0.2) is 0 Å². The van der Waals surface area contributed by atoms with Gasteiger partial charge in [-0.1, -0.05) is 18.2 Å². The van der Waals surface area contributed by atoms with E-state index < -0.39 is 0 Å². The minimum atomic E-state index is -0.338. The molecule has 0 saturated carbocycles. The fourth-order valence-corrected chi connectivity index (χ4v) is 2.61. The van der Waals surface area contributed by atoms with E-state index in [-0.39, 0.29) is 5.97 Å². The zero-order chi connectivity index (χ0) is 16.4. The number of carbonyl (C=O) groups excluding carboxylic acids is 1. The molecule has 0 bridgehead atoms. The van der Waals surface area contributed by atoms with Crippen LogP contribution in [-0.4, -0.2) is 42.5 Å². The molecule has 0 aliphatic carbocycles. The predicted octanol–water partition coefficient (Wildman–Crippen LogP) is 2.68. The molecule has 3 rings (SSSR count). The number of ether oxygens (including phenoxy) is 1. The second-order valence-electron chi connectivity index (χ2n) is 5.62. The number of fused-ring (bicyclic) bond motifs is 3. The first-order valence-electron chi connectivity index (χ1n) is 7.36. The average molecular weight is 307 g/mol. The Hall–Kier alpha value is -2.84. The fourth-order valence-electron chi connectivity index (χ4n) is 2.61. The number of carbonyl (C=O) groups is 1. The summed E-state index contributed by atoms with van der Waals surface area (Å²) in [5.41, 5.74) is 2.73. The van der Waals surface area contributed by atoms with Crippen molar-refractivity contribution in [1.82, 2.24) is 9.30 Å². The molecule has 0 atom stereocenters. The number of hydrogen-bond acceptors (Lipinski definition) is 4. The number of hydrogen-bond donors (Lipinski definition) is 0. The number of nitrogens with zero attached hydrogens (tertiary/aromatic N) is 3. The van der Waals surface area contributed by atoms with E-state index in [1.807, 2.05) is 47.7 Å². The third-order valence-corrected chi connectivity index (χ3v) is 3.74. The highest BCUT2D eigenvalue weighted by Gasteiger charge is 2.19. The van der Waals surface area contributed by atoms with Crippen LogP contribution in [0.5, 0.6) is 0 Å². The van der Waals surface area contributed by atoms with Crippen molar-refractivity contribution in [1.29, 1.82) is 5.26 Å². The van der Waals surface area contributed by atoms with Gasteiger partial charge in [0.1, 0.15) is 12.7 Å². The van der Waals surface area contributed by atoms with Gasteiger partial charge in [0.25, 0.3) is 0 Å². The molecule has 0 N–H and O–H groups in total. The lowest BCUT2D eigenvalue weighted by atomic mass is 10.1. The molecule has 0 aliphatic rings. The Labute approximate surface area is 134 Å². The fraction of sp³-hybridized carbons (Fsp3) is 0.222. The normalized spacial score (nSPS) is 11.0. The van der Waals surface area contributed by atoms with E-state index in [2.05, 4.69) is 6.07 Å². The number of rotatable bonds is 4. The van der Waals surface area contributed by atoms with E-state index in [0.29, 0.717) is 24.3 Å². The van der Waals surface area contributed by atoms with E-state index >= 15 is 0 Å². The van der Waals surface area contributed by atoms with Crippen LogP contribution in [0.25, 0.3) is 16.4 Å². The van der Waals surface area contributed by atoms with Crippen molar-refractivity contribution in [3.05, 3.63) is 53.7 Å². The molecule has 2 aromatic heterocycles. The van der Waals surface area contributed by atoms with Crippen LogP contribution < -0.4 is 0 Å². The highest BCUT2D eigenvalue weighted by molar-refractivity contribution is 6.11. The topological polar surface area (TPSA) is 57.7 Å². The molecule has 0 unspecified atom stereocenters. The van der Waals surface area contributed by atoms with Crippen molar-refractivity contribution >= 4 is 22.4 Å². The van der Waals surface area contributed by atoms with Crippen LogP contribution in [0.3, 0.4) is 0 Å². The Morgan fingerprint density at radius 2 is 2.00 bits per heavy atom. The first-order chi connectivity index (χ1) is 11.1. The summed E-state index contributed by atoms with van der Waals surface area (Å²) in [7, 11) is 3.86. The first kappa shape index (κ1) is 15.1. The highest BCUT2D eigenvalue weighted by Crippen LogP contribution is 2.27. The lowest BCUT2D eigenvalue weighted by molar-refractivity contribution is 0.0486. The quantitative estimate of drug-likeness (QED) is 0.695. The van der Waals surface area contributed by atoms with Crippen LogP contribution in [0.2, 0.25) is 0 Å². The van der Waals surface area contributed by atoms with Gasteiger partial charge >= 0.3 is 5.97 Å². The zero-order valence-electron chi connectivity index (χ0n) is 13.1. The van der Waals surface area contributed by atoms with Gasteiger partial charge in [0.2, 0.25) is 0 Å². The molecule has 0 spiro atoms. The van der Waals surface area contributed by atoms with Gasteiger partial charge in [-0.25, -0.2) is 4.79 Å². The minimum Gasteiger partial charge on any atom is -0.461 e. The van der Waals surface area contributed by atoms with Gasteiger partial charge in [-0.3, -0.25) is 0 Å². The maximum absolute atomic E-state index is 12.6. The van der Waals surface area contributed by atoms with Crippen LogP contribution in [0.15, 0.2) is 42.6 Å². The van der Waals surface area contributed by atoms with Crippen molar-refractivity contribution in [2.75, 3.05) is 27.2 Å². The zero-order valence-corrected chi connectivity index (χ0v) is 13.1. The summed E-state index contributed by atoms with van der Waals surface area (Å²) in [5, 5.41) is 9.92. The summed E-state index contributed by atoms with van der Waals surface area (Å²) >= 11 is 0. The van der Waals surface area contributed by atoms with E-state index in [0.717, 1.165) is 16.4 Å². The van der Waals surface area contributed by atoms with Gasteiger partial charge in [-0.15, -0.1) is 0 Å². The number of para-hydroxylation sites is 1. The van der Waals surface area contributed by atoms with Crippen molar-refractivity contribution < 1.29 is 9.53 Å². The molecule has 0 amide bonds. The molecule has 0 saturated heterocycles. The molecule has 0 radical (unpaired) electrons. The van der Waals surface area contributed by atoms with Crippen LogP contribution >= 0.6 is 0 Å². The molecule has 5 heteroatoms. The van der Waals surface area contributed by atoms with Crippen molar-refractivity contribution in [3.8, 4) is 6.07 Å². The number of likely N-dealkylation sites (N-methyl/N-ethyl adjacent to an activating group) is 1. The van der Waals surface area contributed by atoms with Crippen molar-refractivity contribution in [2.24, 2.45) is 0 Å². The molecular weight excluding hydrogens is 290 g/mol. The Bertz CT molecular complexity index is 919. The van der Waals surface area contributed by atoms with Crippen LogP contribution in [0.1, 0.15) is 15.9 Å². The maximum atomic E-state index is 12.6. The van der Waals surface area contributed by atoms with Crippen molar-refractivity contribution in [3.63, 3.8) is 0 Å². The summed E-state index contributed by atoms with van der Waals surface area (Å²) in [6, 6.07) is 13.3. The van der Waals surface area contributed by atoms with Crippen LogP contribution in [0, 0.1) is 11.3 Å². The van der Waals surface area contributed by atoms with Crippen LogP contribution in [0.4, 0.5) is 0 Å². The predicted molar refractivity (Wildman–Crippen MR) is 88.5 cm³/mol. The van der Waals surface area contributed by atoms with Gasteiger partial charge in [0, 0.05) is 18.1 Å². The maximum Gasteiger partial charge on any atom is 0.341 e. The van der Waals surface area contributed by atoms with E-state index in [4.69, 9.17) is 10.00 Å². The monoisotopic (exact) mass is 307 g/mol. The number of pyridine rings is 1. The average Bonchev–Trinajstić information content (AvgIpc) is 2.88. The molecule has 5 nitrogen and oxygen atoms in total. The smallest absolute Gasteiger partial charge is 0.341 e.